The molecule has 0 bridgehead atoms. The van der Waals surface area contributed by atoms with Gasteiger partial charge in [-0.05, 0) is 80.0 Å². The second-order valence-corrected chi connectivity index (χ2v) is 12.9. The van der Waals surface area contributed by atoms with Gasteiger partial charge >= 0.3 is 0 Å². The first kappa shape index (κ1) is 28.4. The quantitative estimate of drug-likeness (QED) is 0.175. The maximum absolute atomic E-state index is 6.23. The molecule has 0 amide bonds. The summed E-state index contributed by atoms with van der Waals surface area (Å²) in [5.74, 6) is 0. The molecule has 10 aromatic rings. The minimum absolute atomic E-state index is 0.918. The lowest BCUT2D eigenvalue weighted by Crippen LogP contribution is -2.12. The van der Waals surface area contributed by atoms with Crippen LogP contribution in [0.15, 0.2) is 192 Å². The zero-order chi connectivity index (χ0) is 33.0. The third kappa shape index (κ3) is 4.50. The van der Waals surface area contributed by atoms with Crippen molar-refractivity contribution >= 4 is 71.3 Å². The summed E-state index contributed by atoms with van der Waals surface area (Å²) in [5.41, 5.74) is 9.95. The normalized spacial score (nSPS) is 11.6. The van der Waals surface area contributed by atoms with E-state index < -0.39 is 0 Å². The van der Waals surface area contributed by atoms with Crippen LogP contribution in [-0.4, -0.2) is 0 Å². The monoisotopic (exact) mass is 637 g/mol. The smallest absolute Gasteiger partial charge is 0.136 e. The van der Waals surface area contributed by atoms with Gasteiger partial charge in [-0.2, -0.15) is 0 Å². The zero-order valence-corrected chi connectivity index (χ0v) is 27.3. The molecule has 0 radical (unpaired) electrons. The third-order valence-corrected chi connectivity index (χ3v) is 10.1. The maximum Gasteiger partial charge on any atom is 0.136 e. The average molecular weight is 638 g/mol. The molecule has 0 N–H and O–H groups in total. The van der Waals surface area contributed by atoms with Crippen LogP contribution in [0.1, 0.15) is 0 Å². The Morgan fingerprint density at radius 2 is 0.980 bits per heavy atom. The maximum atomic E-state index is 6.23. The molecule has 9 aromatic carbocycles. The second kappa shape index (κ2) is 11.5. The summed E-state index contributed by atoms with van der Waals surface area (Å²) in [7, 11) is 0. The predicted molar refractivity (Wildman–Crippen MR) is 212 cm³/mol. The summed E-state index contributed by atoms with van der Waals surface area (Å²) in [6, 6.07) is 67.6. The van der Waals surface area contributed by atoms with E-state index in [-0.39, 0.29) is 0 Å². The van der Waals surface area contributed by atoms with Gasteiger partial charge in [0.2, 0.25) is 0 Å². The Bertz CT molecular complexity index is 2870. The highest BCUT2D eigenvalue weighted by molar-refractivity contribution is 6.21. The highest BCUT2D eigenvalue weighted by Crippen LogP contribution is 2.46. The molecule has 2 nitrogen and oxygen atoms in total. The van der Waals surface area contributed by atoms with E-state index in [9.17, 15) is 0 Å². The fourth-order valence-corrected chi connectivity index (χ4v) is 7.78. The molecule has 0 aliphatic rings. The van der Waals surface area contributed by atoms with Gasteiger partial charge in [0.15, 0.2) is 0 Å². The van der Waals surface area contributed by atoms with Crippen molar-refractivity contribution in [1.82, 2.24) is 0 Å². The molecule has 0 aliphatic carbocycles. The second-order valence-electron chi connectivity index (χ2n) is 12.9. The van der Waals surface area contributed by atoms with E-state index in [1.807, 2.05) is 12.1 Å². The third-order valence-electron chi connectivity index (χ3n) is 10.1. The van der Waals surface area contributed by atoms with Crippen LogP contribution < -0.4 is 4.90 Å². The molecule has 0 atom stereocenters. The summed E-state index contributed by atoms with van der Waals surface area (Å²) in [6.07, 6.45) is 0. The summed E-state index contributed by atoms with van der Waals surface area (Å²) in [4.78, 5) is 2.44. The summed E-state index contributed by atoms with van der Waals surface area (Å²) >= 11 is 0. The van der Waals surface area contributed by atoms with Crippen LogP contribution in [0.2, 0.25) is 0 Å². The fraction of sp³-hybridized carbons (Fsp3) is 0. The number of furan rings is 1. The number of hydrogen-bond acceptors (Lipinski definition) is 2. The molecule has 10 rings (SSSR count). The summed E-state index contributed by atoms with van der Waals surface area (Å²) < 4.78 is 6.23. The molecular formula is C48H31NO. The number of anilines is 3. The van der Waals surface area contributed by atoms with E-state index in [4.69, 9.17) is 4.42 Å². The zero-order valence-electron chi connectivity index (χ0n) is 27.3. The van der Waals surface area contributed by atoms with Gasteiger partial charge in [0.25, 0.3) is 0 Å². The van der Waals surface area contributed by atoms with Crippen LogP contribution in [0.25, 0.3) is 76.5 Å². The van der Waals surface area contributed by atoms with Gasteiger partial charge in [0, 0.05) is 27.4 Å². The van der Waals surface area contributed by atoms with Crippen LogP contribution >= 0.6 is 0 Å². The molecule has 0 saturated carbocycles. The largest absolute Gasteiger partial charge is 0.456 e. The lowest BCUT2D eigenvalue weighted by atomic mass is 9.95. The first-order chi connectivity index (χ1) is 24.8. The molecule has 234 valence electrons. The van der Waals surface area contributed by atoms with Crippen molar-refractivity contribution in [2.45, 2.75) is 0 Å². The molecule has 1 aromatic heterocycles. The first-order valence-electron chi connectivity index (χ1n) is 17.1. The van der Waals surface area contributed by atoms with E-state index in [1.54, 1.807) is 0 Å². The molecular weight excluding hydrogens is 607 g/mol. The van der Waals surface area contributed by atoms with Gasteiger partial charge in [-0.1, -0.05) is 152 Å². The summed E-state index contributed by atoms with van der Waals surface area (Å²) in [5, 5.41) is 9.67. The number of benzene rings is 9. The van der Waals surface area contributed by atoms with Gasteiger partial charge in [-0.25, -0.2) is 0 Å². The molecule has 0 saturated heterocycles. The molecule has 0 aliphatic heterocycles. The van der Waals surface area contributed by atoms with Gasteiger partial charge in [0.05, 0.1) is 11.4 Å². The number of nitrogens with zero attached hydrogens (tertiary/aromatic N) is 1. The lowest BCUT2D eigenvalue weighted by molar-refractivity contribution is 0.669. The van der Waals surface area contributed by atoms with Crippen LogP contribution in [-0.2, 0) is 0 Å². The first-order valence-corrected chi connectivity index (χ1v) is 17.1. The van der Waals surface area contributed by atoms with E-state index in [0.717, 1.165) is 33.6 Å². The van der Waals surface area contributed by atoms with Crippen molar-refractivity contribution in [1.29, 1.82) is 0 Å². The van der Waals surface area contributed by atoms with Gasteiger partial charge in [0.1, 0.15) is 11.2 Å². The Balaban J connectivity index is 1.18. The van der Waals surface area contributed by atoms with Crippen molar-refractivity contribution in [3.05, 3.63) is 188 Å². The number of rotatable bonds is 5. The Labute approximate surface area is 290 Å². The van der Waals surface area contributed by atoms with Crippen LogP contribution in [0, 0.1) is 0 Å². The molecule has 0 spiro atoms. The Morgan fingerprint density at radius 3 is 1.84 bits per heavy atom. The predicted octanol–water partition coefficient (Wildman–Crippen LogP) is 13.8. The molecule has 50 heavy (non-hydrogen) atoms. The number of fused-ring (bicyclic) bond motifs is 8. The Kier molecular flexibility index (Phi) is 6.53. The van der Waals surface area contributed by atoms with Crippen molar-refractivity contribution in [3.8, 4) is 22.3 Å². The molecule has 0 fully saturated rings. The van der Waals surface area contributed by atoms with Gasteiger partial charge in [-0.15, -0.1) is 0 Å². The van der Waals surface area contributed by atoms with E-state index in [2.05, 4.69) is 181 Å². The lowest BCUT2D eigenvalue weighted by Gasteiger charge is -2.29. The van der Waals surface area contributed by atoms with Crippen molar-refractivity contribution in [2.75, 3.05) is 4.90 Å². The van der Waals surface area contributed by atoms with Crippen molar-refractivity contribution < 1.29 is 4.42 Å². The van der Waals surface area contributed by atoms with E-state index in [0.29, 0.717) is 0 Å². The Hall–Kier alpha value is -6.64. The minimum Gasteiger partial charge on any atom is -0.456 e. The highest BCUT2D eigenvalue weighted by atomic mass is 16.3. The van der Waals surface area contributed by atoms with Crippen LogP contribution in [0.4, 0.5) is 17.1 Å². The Morgan fingerprint density at radius 1 is 0.340 bits per heavy atom. The van der Waals surface area contributed by atoms with Crippen molar-refractivity contribution in [3.63, 3.8) is 0 Å². The molecule has 2 heteroatoms. The average Bonchev–Trinajstić information content (AvgIpc) is 3.58. The number of para-hydroxylation sites is 2. The summed E-state index contributed by atoms with van der Waals surface area (Å²) in [6.45, 7) is 0. The van der Waals surface area contributed by atoms with Crippen LogP contribution in [0.3, 0.4) is 0 Å². The standard InChI is InChI=1S/C48H31NO/c1-2-13-32(14-3-1)38-17-8-10-23-44(38)49(45-31-34-15-4-5-16-37(34)39-18-6-7-19-41(39)45)35-27-25-33(26-28-35)36-21-12-22-42-40(36)29-30-47-48(42)43-20-9-11-24-46(43)50-47/h1-31H. The van der Waals surface area contributed by atoms with E-state index in [1.165, 1.54) is 60.0 Å². The van der Waals surface area contributed by atoms with Gasteiger partial charge in [-0.3, -0.25) is 0 Å². The molecule has 0 unspecified atom stereocenters. The van der Waals surface area contributed by atoms with Gasteiger partial charge < -0.3 is 9.32 Å². The SMILES string of the molecule is c1ccc(-c2ccccc2N(c2ccc(-c3cccc4c3ccc3oc5ccccc5c34)cc2)c2cc3ccccc3c3ccccc23)cc1. The van der Waals surface area contributed by atoms with Crippen LogP contribution in [0.5, 0.6) is 0 Å². The minimum atomic E-state index is 0.918. The highest BCUT2D eigenvalue weighted by Gasteiger charge is 2.21. The number of hydrogen-bond donors (Lipinski definition) is 0. The topological polar surface area (TPSA) is 16.4 Å². The van der Waals surface area contributed by atoms with Crippen molar-refractivity contribution in [2.24, 2.45) is 0 Å². The fourth-order valence-electron chi connectivity index (χ4n) is 7.78. The van der Waals surface area contributed by atoms with E-state index >= 15 is 0 Å². The molecule has 1 heterocycles.